The van der Waals surface area contributed by atoms with Gasteiger partial charge in [-0.25, -0.2) is 0 Å². The molecule has 1 fully saturated rings. The highest BCUT2D eigenvalue weighted by molar-refractivity contribution is 4.76. The van der Waals surface area contributed by atoms with E-state index in [1.807, 2.05) is 0 Å². The van der Waals surface area contributed by atoms with Gasteiger partial charge in [0.2, 0.25) is 0 Å². The van der Waals surface area contributed by atoms with Gasteiger partial charge in [-0.2, -0.15) is 0 Å². The molecule has 1 rings (SSSR count). The molecule has 2 nitrogen and oxygen atoms in total. The third kappa shape index (κ3) is 2.76. The van der Waals surface area contributed by atoms with Crippen LogP contribution in [0.3, 0.4) is 0 Å². The third-order valence-electron chi connectivity index (χ3n) is 2.81. The molecule has 1 aliphatic rings. The molecule has 0 radical (unpaired) electrons. The summed E-state index contributed by atoms with van der Waals surface area (Å²) in [6.45, 7) is 6.25. The lowest BCUT2D eigenvalue weighted by Crippen LogP contribution is -2.35. The minimum Gasteiger partial charge on any atom is -0.381 e. The maximum atomic E-state index is 6.11. The summed E-state index contributed by atoms with van der Waals surface area (Å²) in [5.74, 6) is 1.29. The average molecular weight is 171 g/mol. The summed E-state index contributed by atoms with van der Waals surface area (Å²) in [7, 11) is 0. The number of nitrogens with two attached hydrogens (primary N) is 1. The fourth-order valence-electron chi connectivity index (χ4n) is 1.86. The van der Waals surface area contributed by atoms with E-state index in [1.54, 1.807) is 0 Å². The first kappa shape index (κ1) is 10.0. The summed E-state index contributed by atoms with van der Waals surface area (Å²) < 4.78 is 5.40. The lowest BCUT2D eigenvalue weighted by atomic mass is 9.86. The Morgan fingerprint density at radius 1 is 1.25 bits per heavy atom. The molecule has 12 heavy (non-hydrogen) atoms. The van der Waals surface area contributed by atoms with Crippen molar-refractivity contribution in [3.05, 3.63) is 0 Å². The molecular formula is C10H21NO. The average Bonchev–Trinajstić information content (AvgIpc) is 2.30. The Hall–Kier alpha value is -0.0800. The van der Waals surface area contributed by atoms with Crippen LogP contribution in [0.2, 0.25) is 0 Å². The lowest BCUT2D eigenvalue weighted by molar-refractivity contribution is 0.139. The first-order chi connectivity index (χ1) is 5.72. The van der Waals surface area contributed by atoms with E-state index in [9.17, 15) is 0 Å². The fourth-order valence-corrected chi connectivity index (χ4v) is 1.86. The summed E-state index contributed by atoms with van der Waals surface area (Å²) in [6, 6.07) is 0.367. The van der Waals surface area contributed by atoms with E-state index < -0.39 is 0 Å². The second-order valence-corrected chi connectivity index (χ2v) is 4.12. The SMILES string of the molecule is CC(C)C(N)C1CCCOCC1. The Balaban J connectivity index is 2.37. The van der Waals surface area contributed by atoms with E-state index in [1.165, 1.54) is 12.8 Å². The molecule has 1 aliphatic heterocycles. The molecule has 2 heteroatoms. The summed E-state index contributed by atoms with van der Waals surface area (Å²) in [5.41, 5.74) is 6.11. The predicted molar refractivity (Wildman–Crippen MR) is 51.0 cm³/mol. The molecular weight excluding hydrogens is 150 g/mol. The second kappa shape index (κ2) is 4.83. The maximum absolute atomic E-state index is 6.11. The monoisotopic (exact) mass is 171 g/mol. The normalized spacial score (nSPS) is 28.5. The molecule has 2 atom stereocenters. The molecule has 2 N–H and O–H groups in total. The van der Waals surface area contributed by atoms with Crippen LogP contribution in [0.5, 0.6) is 0 Å². The van der Waals surface area contributed by atoms with Gasteiger partial charge >= 0.3 is 0 Å². The van der Waals surface area contributed by atoms with E-state index in [-0.39, 0.29) is 0 Å². The molecule has 1 saturated heterocycles. The summed E-state index contributed by atoms with van der Waals surface area (Å²) in [6.07, 6.45) is 3.59. The lowest BCUT2D eigenvalue weighted by Gasteiger charge is -2.24. The van der Waals surface area contributed by atoms with Gasteiger partial charge in [0.15, 0.2) is 0 Å². The van der Waals surface area contributed by atoms with Crippen molar-refractivity contribution >= 4 is 0 Å². The second-order valence-electron chi connectivity index (χ2n) is 4.12. The van der Waals surface area contributed by atoms with Crippen LogP contribution in [0.15, 0.2) is 0 Å². The van der Waals surface area contributed by atoms with Crippen molar-refractivity contribution in [1.29, 1.82) is 0 Å². The van der Waals surface area contributed by atoms with E-state index in [4.69, 9.17) is 10.5 Å². The zero-order valence-electron chi connectivity index (χ0n) is 8.25. The fraction of sp³-hybridized carbons (Fsp3) is 1.00. The van der Waals surface area contributed by atoms with Crippen LogP contribution >= 0.6 is 0 Å². The van der Waals surface area contributed by atoms with Gasteiger partial charge in [-0.3, -0.25) is 0 Å². The van der Waals surface area contributed by atoms with E-state index in [2.05, 4.69) is 13.8 Å². The Labute approximate surface area is 75.5 Å². The topological polar surface area (TPSA) is 35.2 Å². The van der Waals surface area contributed by atoms with Crippen LogP contribution in [0.1, 0.15) is 33.1 Å². The van der Waals surface area contributed by atoms with E-state index >= 15 is 0 Å². The first-order valence-corrected chi connectivity index (χ1v) is 5.05. The minimum absolute atomic E-state index is 0.367. The Bertz CT molecular complexity index is 117. The van der Waals surface area contributed by atoms with Crippen molar-refractivity contribution in [2.45, 2.75) is 39.2 Å². The molecule has 0 aromatic rings. The smallest absolute Gasteiger partial charge is 0.0469 e. The van der Waals surface area contributed by atoms with Crippen LogP contribution in [0, 0.1) is 11.8 Å². The van der Waals surface area contributed by atoms with Crippen molar-refractivity contribution in [2.75, 3.05) is 13.2 Å². The number of rotatable bonds is 2. The first-order valence-electron chi connectivity index (χ1n) is 5.05. The quantitative estimate of drug-likeness (QED) is 0.687. The van der Waals surface area contributed by atoms with Crippen LogP contribution in [0.4, 0.5) is 0 Å². The molecule has 0 saturated carbocycles. The van der Waals surface area contributed by atoms with E-state index in [0.29, 0.717) is 17.9 Å². The molecule has 2 unspecified atom stereocenters. The van der Waals surface area contributed by atoms with Crippen molar-refractivity contribution in [2.24, 2.45) is 17.6 Å². The van der Waals surface area contributed by atoms with Gasteiger partial charge in [0.05, 0.1) is 0 Å². The predicted octanol–water partition coefficient (Wildman–Crippen LogP) is 1.79. The Kier molecular flexibility index (Phi) is 4.02. The molecule has 0 aromatic carbocycles. The molecule has 0 spiro atoms. The summed E-state index contributed by atoms with van der Waals surface area (Å²) in [4.78, 5) is 0. The molecule has 0 aromatic heterocycles. The van der Waals surface area contributed by atoms with Gasteiger partial charge < -0.3 is 10.5 Å². The van der Waals surface area contributed by atoms with Crippen molar-refractivity contribution in [3.8, 4) is 0 Å². The van der Waals surface area contributed by atoms with Crippen LogP contribution in [-0.2, 0) is 4.74 Å². The van der Waals surface area contributed by atoms with Crippen LogP contribution < -0.4 is 5.73 Å². The minimum atomic E-state index is 0.367. The molecule has 0 bridgehead atoms. The van der Waals surface area contributed by atoms with Crippen LogP contribution in [-0.4, -0.2) is 19.3 Å². The maximum Gasteiger partial charge on any atom is 0.0469 e. The number of hydrogen-bond donors (Lipinski definition) is 1. The summed E-state index contributed by atoms with van der Waals surface area (Å²) in [5, 5.41) is 0. The zero-order valence-corrected chi connectivity index (χ0v) is 8.25. The van der Waals surface area contributed by atoms with E-state index in [0.717, 1.165) is 19.6 Å². The highest BCUT2D eigenvalue weighted by atomic mass is 16.5. The number of ether oxygens (including phenoxy) is 1. The largest absolute Gasteiger partial charge is 0.381 e. The van der Waals surface area contributed by atoms with Crippen LogP contribution in [0.25, 0.3) is 0 Å². The zero-order chi connectivity index (χ0) is 8.97. The van der Waals surface area contributed by atoms with Gasteiger partial charge in [0.25, 0.3) is 0 Å². The highest BCUT2D eigenvalue weighted by Gasteiger charge is 2.21. The molecule has 0 amide bonds. The summed E-state index contributed by atoms with van der Waals surface area (Å²) >= 11 is 0. The highest BCUT2D eigenvalue weighted by Crippen LogP contribution is 2.22. The van der Waals surface area contributed by atoms with Gasteiger partial charge in [-0.15, -0.1) is 0 Å². The van der Waals surface area contributed by atoms with Crippen molar-refractivity contribution in [1.82, 2.24) is 0 Å². The van der Waals surface area contributed by atoms with Gasteiger partial charge in [-0.05, 0) is 31.1 Å². The molecule has 72 valence electrons. The van der Waals surface area contributed by atoms with Gasteiger partial charge in [-0.1, -0.05) is 13.8 Å². The van der Waals surface area contributed by atoms with Gasteiger partial charge in [0, 0.05) is 19.3 Å². The van der Waals surface area contributed by atoms with Crippen molar-refractivity contribution in [3.63, 3.8) is 0 Å². The third-order valence-corrected chi connectivity index (χ3v) is 2.81. The number of hydrogen-bond acceptors (Lipinski definition) is 2. The standard InChI is InChI=1S/C10H21NO/c1-8(2)10(11)9-4-3-6-12-7-5-9/h8-10H,3-7,11H2,1-2H3. The Morgan fingerprint density at radius 2 is 2.00 bits per heavy atom. The Morgan fingerprint density at radius 3 is 2.67 bits per heavy atom. The molecule has 0 aliphatic carbocycles. The van der Waals surface area contributed by atoms with Gasteiger partial charge in [0.1, 0.15) is 0 Å². The van der Waals surface area contributed by atoms with Crippen molar-refractivity contribution < 1.29 is 4.74 Å². The molecule has 1 heterocycles.